The number of likely N-dealkylation sites (N-methyl/N-ethyl adjacent to an activating group) is 3. The standard InChI is InChI=1S/C44H64N6O8/c1-26(2)21-33-41(55)49(9)38(23-28(5)6)44(58)48(8)37(25-30-14-18-32(52)19-15-30)40(54)46-34(22-27(3)4)42(56)50-20-10-11-35(50)43(57)47(7)36(39(53)45-33)24-29-12-16-31(51)17-13-29/h12-19,26-28,33-38,51-52H,10-11,20-25H2,1-9H3,(H,45,53)(H,46,54)/t33-,34-,35+,36-,37-,38+/m0/s1. The predicted molar refractivity (Wildman–Crippen MR) is 220 cm³/mol. The summed E-state index contributed by atoms with van der Waals surface area (Å²) >= 11 is 0. The van der Waals surface area contributed by atoms with Gasteiger partial charge in [-0.1, -0.05) is 65.8 Å². The van der Waals surface area contributed by atoms with Gasteiger partial charge in [0.05, 0.1) is 0 Å². The molecule has 0 bridgehead atoms. The van der Waals surface area contributed by atoms with Crippen molar-refractivity contribution in [2.24, 2.45) is 17.8 Å². The number of amides is 6. The molecule has 6 amide bonds. The molecule has 2 saturated heterocycles. The van der Waals surface area contributed by atoms with Gasteiger partial charge in [-0.3, -0.25) is 28.8 Å². The molecule has 0 aromatic heterocycles. The summed E-state index contributed by atoms with van der Waals surface area (Å²) in [6.07, 6.45) is 1.74. The monoisotopic (exact) mass is 804 g/mol. The number of rotatable bonds is 10. The summed E-state index contributed by atoms with van der Waals surface area (Å²) in [5, 5.41) is 25.9. The molecule has 14 heteroatoms. The predicted octanol–water partition coefficient (Wildman–Crippen LogP) is 3.48. The smallest absolute Gasteiger partial charge is 0.245 e. The highest BCUT2D eigenvalue weighted by atomic mass is 16.3. The fourth-order valence-electron chi connectivity index (χ4n) is 7.98. The molecule has 318 valence electrons. The molecule has 0 spiro atoms. The number of aromatic hydroxyl groups is 2. The van der Waals surface area contributed by atoms with Crippen LogP contribution in [0.1, 0.15) is 84.8 Å². The molecule has 58 heavy (non-hydrogen) atoms. The van der Waals surface area contributed by atoms with Crippen molar-refractivity contribution < 1.29 is 39.0 Å². The summed E-state index contributed by atoms with van der Waals surface area (Å²) < 4.78 is 0. The molecule has 0 saturated carbocycles. The highest BCUT2D eigenvalue weighted by Gasteiger charge is 2.44. The molecule has 2 heterocycles. The summed E-state index contributed by atoms with van der Waals surface area (Å²) in [5.41, 5.74) is 1.32. The van der Waals surface area contributed by atoms with Crippen LogP contribution in [0.2, 0.25) is 0 Å². The quantitative estimate of drug-likeness (QED) is 0.282. The summed E-state index contributed by atoms with van der Waals surface area (Å²) in [6.45, 7) is 11.8. The first-order chi connectivity index (χ1) is 27.3. The minimum atomic E-state index is -1.12. The topological polar surface area (TPSA) is 180 Å². The van der Waals surface area contributed by atoms with Gasteiger partial charge in [0, 0.05) is 40.5 Å². The molecule has 4 N–H and O–H groups in total. The Bertz CT molecular complexity index is 1760. The lowest BCUT2D eigenvalue weighted by atomic mass is 9.96. The highest BCUT2D eigenvalue weighted by Crippen LogP contribution is 2.26. The van der Waals surface area contributed by atoms with Crippen molar-refractivity contribution in [2.45, 2.75) is 123 Å². The zero-order valence-electron chi connectivity index (χ0n) is 35.6. The first-order valence-corrected chi connectivity index (χ1v) is 20.6. The van der Waals surface area contributed by atoms with Crippen LogP contribution >= 0.6 is 0 Å². The van der Waals surface area contributed by atoms with Crippen LogP contribution in [-0.2, 0) is 41.6 Å². The number of benzene rings is 2. The second-order valence-electron chi connectivity index (χ2n) is 17.3. The maximum Gasteiger partial charge on any atom is 0.245 e. The Labute approximate surface area is 343 Å². The molecule has 2 aromatic rings. The fourth-order valence-corrected chi connectivity index (χ4v) is 7.98. The Balaban J connectivity index is 1.88. The van der Waals surface area contributed by atoms with E-state index in [2.05, 4.69) is 10.6 Å². The van der Waals surface area contributed by atoms with Gasteiger partial charge in [-0.15, -0.1) is 0 Å². The van der Waals surface area contributed by atoms with E-state index in [1.807, 2.05) is 41.5 Å². The minimum Gasteiger partial charge on any atom is -0.508 e. The van der Waals surface area contributed by atoms with E-state index < -0.39 is 71.7 Å². The third-order valence-electron chi connectivity index (χ3n) is 11.2. The van der Waals surface area contributed by atoms with Gasteiger partial charge >= 0.3 is 0 Å². The van der Waals surface area contributed by atoms with Crippen LogP contribution in [0.15, 0.2) is 48.5 Å². The molecular formula is C44H64N6O8. The molecule has 4 rings (SSSR count). The van der Waals surface area contributed by atoms with E-state index in [-0.39, 0.29) is 67.9 Å². The van der Waals surface area contributed by atoms with Crippen molar-refractivity contribution in [3.05, 3.63) is 59.7 Å². The molecule has 6 atom stereocenters. The van der Waals surface area contributed by atoms with Crippen molar-refractivity contribution in [2.75, 3.05) is 27.7 Å². The van der Waals surface area contributed by atoms with E-state index in [9.17, 15) is 39.0 Å². The second-order valence-corrected chi connectivity index (χ2v) is 17.3. The average molecular weight is 805 g/mol. The van der Waals surface area contributed by atoms with E-state index in [1.54, 1.807) is 24.3 Å². The van der Waals surface area contributed by atoms with Crippen molar-refractivity contribution in [1.29, 1.82) is 0 Å². The lowest BCUT2D eigenvalue weighted by Crippen LogP contribution is -2.62. The van der Waals surface area contributed by atoms with Crippen LogP contribution in [0.25, 0.3) is 0 Å². The fraction of sp³-hybridized carbons (Fsp3) is 0.591. The number of nitrogens with zero attached hydrogens (tertiary/aromatic N) is 4. The molecule has 0 aliphatic carbocycles. The number of nitrogens with one attached hydrogen (secondary N) is 2. The van der Waals surface area contributed by atoms with Gasteiger partial charge < -0.3 is 40.4 Å². The molecule has 2 aliphatic rings. The van der Waals surface area contributed by atoms with E-state index >= 15 is 0 Å². The average Bonchev–Trinajstić information content (AvgIpc) is 3.66. The van der Waals surface area contributed by atoms with Crippen molar-refractivity contribution in [1.82, 2.24) is 30.2 Å². The molecule has 0 unspecified atom stereocenters. The lowest BCUT2D eigenvalue weighted by Gasteiger charge is -2.38. The van der Waals surface area contributed by atoms with Crippen molar-refractivity contribution in [3.63, 3.8) is 0 Å². The van der Waals surface area contributed by atoms with Crippen LogP contribution in [0, 0.1) is 17.8 Å². The van der Waals surface area contributed by atoms with Crippen LogP contribution in [-0.4, -0.2) is 129 Å². The highest BCUT2D eigenvalue weighted by molar-refractivity contribution is 5.98. The van der Waals surface area contributed by atoms with E-state index in [0.717, 1.165) is 0 Å². The molecule has 2 aliphatic heterocycles. The Morgan fingerprint density at radius 2 is 0.948 bits per heavy atom. The number of carbonyl (C=O) groups excluding carboxylic acids is 6. The normalized spacial score (nSPS) is 24.7. The number of carbonyl (C=O) groups is 6. The number of phenols is 2. The van der Waals surface area contributed by atoms with E-state index in [0.29, 0.717) is 24.0 Å². The second kappa shape index (κ2) is 20.0. The maximum absolute atomic E-state index is 14.7. The van der Waals surface area contributed by atoms with Gasteiger partial charge in [-0.25, -0.2) is 0 Å². The first kappa shape index (κ1) is 45.6. The van der Waals surface area contributed by atoms with Gasteiger partial charge in [-0.2, -0.15) is 0 Å². The number of fused-ring (bicyclic) bond motifs is 1. The Hall–Kier alpha value is -5.14. The molecule has 14 nitrogen and oxygen atoms in total. The Morgan fingerprint density at radius 1 is 0.552 bits per heavy atom. The summed E-state index contributed by atoms with van der Waals surface area (Å²) in [6, 6.07) is 6.38. The van der Waals surface area contributed by atoms with Crippen LogP contribution < -0.4 is 10.6 Å². The maximum atomic E-state index is 14.7. The summed E-state index contributed by atoms with van der Waals surface area (Å²) in [4.78, 5) is 93.0. The first-order valence-electron chi connectivity index (χ1n) is 20.6. The van der Waals surface area contributed by atoms with Gasteiger partial charge in [0.2, 0.25) is 35.4 Å². The van der Waals surface area contributed by atoms with Crippen molar-refractivity contribution in [3.8, 4) is 11.5 Å². The largest absolute Gasteiger partial charge is 0.508 e. The minimum absolute atomic E-state index is 0.0336. The van der Waals surface area contributed by atoms with Gasteiger partial charge in [0.1, 0.15) is 47.8 Å². The molecular weight excluding hydrogens is 741 g/mol. The van der Waals surface area contributed by atoms with Gasteiger partial charge in [0.25, 0.3) is 0 Å². The van der Waals surface area contributed by atoms with E-state index in [4.69, 9.17) is 0 Å². The SMILES string of the molecule is CC(C)C[C@@H]1NC(=O)[C@H](Cc2ccc(O)cc2)N(C)C(=O)[C@H]2CCCN2C(=O)[C@H](CC(C)C)NC(=O)[C@H](Cc2ccc(O)cc2)N(C)C(=O)[C@@H](CC(C)C)N(C)C1=O. The third-order valence-corrected chi connectivity index (χ3v) is 11.2. The molecule has 2 aromatic carbocycles. The summed E-state index contributed by atoms with van der Waals surface area (Å²) in [5.74, 6) is -3.04. The number of hydrogen-bond donors (Lipinski definition) is 4. The van der Waals surface area contributed by atoms with Gasteiger partial charge in [0.15, 0.2) is 0 Å². The molecule has 0 radical (unpaired) electrons. The van der Waals surface area contributed by atoms with E-state index in [1.165, 1.54) is 65.0 Å². The third kappa shape index (κ3) is 11.5. The van der Waals surface area contributed by atoms with Crippen LogP contribution in [0.4, 0.5) is 0 Å². The Morgan fingerprint density at radius 3 is 1.38 bits per heavy atom. The van der Waals surface area contributed by atoms with Crippen LogP contribution in [0.3, 0.4) is 0 Å². The zero-order chi connectivity index (χ0) is 43.0. The summed E-state index contributed by atoms with van der Waals surface area (Å²) in [7, 11) is 4.57. The van der Waals surface area contributed by atoms with Crippen molar-refractivity contribution >= 4 is 35.4 Å². The van der Waals surface area contributed by atoms with Gasteiger partial charge in [-0.05, 0) is 85.3 Å². The number of hydrogen-bond acceptors (Lipinski definition) is 8. The Kier molecular flexibility index (Phi) is 15.7. The number of phenolic OH excluding ortho intramolecular Hbond substituents is 2. The zero-order valence-corrected chi connectivity index (χ0v) is 35.6. The molecule has 2 fully saturated rings. The van der Waals surface area contributed by atoms with Crippen LogP contribution in [0.5, 0.6) is 11.5 Å². The lowest BCUT2D eigenvalue weighted by molar-refractivity contribution is -0.152.